The molecule has 0 bridgehead atoms. The molecule has 1 N–H and O–H groups in total. The van der Waals surface area contributed by atoms with Crippen molar-refractivity contribution in [1.82, 2.24) is 9.47 Å². The number of nitrogens with one attached hydrogen (secondary N) is 1. The van der Waals surface area contributed by atoms with E-state index in [0.717, 1.165) is 28.1 Å². The molecule has 0 saturated heterocycles. The summed E-state index contributed by atoms with van der Waals surface area (Å²) in [6, 6.07) is 23.1. The van der Waals surface area contributed by atoms with Crippen molar-refractivity contribution in [2.75, 3.05) is 26.6 Å². The molecule has 2 heterocycles. The second-order valence-electron chi connectivity index (χ2n) is 8.71. The van der Waals surface area contributed by atoms with Gasteiger partial charge < -0.3 is 29.0 Å². The largest absolute Gasteiger partial charge is 0.495 e. The lowest BCUT2D eigenvalue weighted by Crippen LogP contribution is -2.38. The van der Waals surface area contributed by atoms with E-state index in [2.05, 4.69) is 28.1 Å². The van der Waals surface area contributed by atoms with Crippen LogP contribution in [0.2, 0.25) is 0 Å². The molecule has 0 spiro atoms. The average Bonchev–Trinajstić information content (AvgIpc) is 3.32. The lowest BCUT2D eigenvalue weighted by atomic mass is 10.0. The quantitative estimate of drug-likeness (QED) is 0.381. The molecule has 7 heteroatoms. The first-order valence-corrected chi connectivity index (χ1v) is 11.7. The Kier molecular flexibility index (Phi) is 6.29. The number of amides is 2. The van der Waals surface area contributed by atoms with Crippen LogP contribution in [-0.4, -0.2) is 36.8 Å². The van der Waals surface area contributed by atoms with E-state index in [4.69, 9.17) is 14.2 Å². The number of hydrogen-bond acceptors (Lipinski definition) is 4. The highest BCUT2D eigenvalue weighted by Crippen LogP contribution is 2.40. The molecule has 7 nitrogen and oxygen atoms in total. The van der Waals surface area contributed by atoms with Crippen LogP contribution in [0.15, 0.2) is 79.0 Å². The number of ether oxygens (including phenoxy) is 3. The molecule has 1 aliphatic heterocycles. The topological polar surface area (TPSA) is 65.0 Å². The smallest absolute Gasteiger partial charge is 0.323 e. The zero-order chi connectivity index (χ0) is 25.2. The van der Waals surface area contributed by atoms with Crippen molar-refractivity contribution in [3.63, 3.8) is 0 Å². The van der Waals surface area contributed by atoms with Gasteiger partial charge in [0.1, 0.15) is 5.75 Å². The van der Waals surface area contributed by atoms with Gasteiger partial charge in [0.2, 0.25) is 0 Å². The Bertz CT molecular complexity index is 1410. The number of aromatic nitrogens is 1. The number of urea groups is 1. The normalized spacial score (nSPS) is 14.3. The van der Waals surface area contributed by atoms with Gasteiger partial charge in [-0.25, -0.2) is 4.79 Å². The van der Waals surface area contributed by atoms with Crippen molar-refractivity contribution < 1.29 is 19.0 Å². The zero-order valence-electron chi connectivity index (χ0n) is 20.8. The fourth-order valence-corrected chi connectivity index (χ4v) is 4.82. The molecular formula is C29H29N3O4. The van der Waals surface area contributed by atoms with Crippen LogP contribution in [-0.2, 0) is 6.54 Å². The number of benzene rings is 3. The Balaban J connectivity index is 1.65. The van der Waals surface area contributed by atoms with Crippen molar-refractivity contribution in [2.24, 2.45) is 0 Å². The molecule has 2 amide bonds. The van der Waals surface area contributed by atoms with E-state index >= 15 is 0 Å². The highest BCUT2D eigenvalue weighted by molar-refractivity contribution is 5.92. The first-order valence-electron chi connectivity index (χ1n) is 11.7. The lowest BCUT2D eigenvalue weighted by Gasteiger charge is -2.31. The Hall–Kier alpha value is -4.39. The summed E-state index contributed by atoms with van der Waals surface area (Å²) >= 11 is 0. The van der Waals surface area contributed by atoms with Crippen LogP contribution in [0.25, 0.3) is 5.69 Å². The second-order valence-corrected chi connectivity index (χ2v) is 8.71. The van der Waals surface area contributed by atoms with E-state index in [0.29, 0.717) is 29.5 Å². The Morgan fingerprint density at radius 3 is 2.39 bits per heavy atom. The number of rotatable bonds is 5. The van der Waals surface area contributed by atoms with Gasteiger partial charge in [-0.1, -0.05) is 30.3 Å². The number of carbonyl (C=O) groups excluding carboxylic acids is 1. The monoisotopic (exact) mass is 483 g/mol. The third-order valence-corrected chi connectivity index (χ3v) is 6.54. The molecule has 0 radical (unpaired) electrons. The van der Waals surface area contributed by atoms with Crippen LogP contribution in [0.5, 0.6) is 17.2 Å². The van der Waals surface area contributed by atoms with E-state index in [1.165, 1.54) is 0 Å². The van der Waals surface area contributed by atoms with Crippen molar-refractivity contribution in [1.29, 1.82) is 0 Å². The molecule has 1 unspecified atom stereocenters. The van der Waals surface area contributed by atoms with Crippen LogP contribution >= 0.6 is 0 Å². The maximum atomic E-state index is 14.0. The number of nitrogens with zero attached hydrogens (tertiary/aromatic N) is 2. The molecule has 4 aromatic rings. The van der Waals surface area contributed by atoms with Gasteiger partial charge in [0, 0.05) is 11.9 Å². The Labute approximate surface area is 210 Å². The summed E-state index contributed by atoms with van der Waals surface area (Å²) in [7, 11) is 4.82. The summed E-state index contributed by atoms with van der Waals surface area (Å²) in [6.45, 7) is 2.40. The van der Waals surface area contributed by atoms with Crippen LogP contribution in [0.1, 0.15) is 28.4 Å². The minimum Gasteiger partial charge on any atom is -0.495 e. The summed E-state index contributed by atoms with van der Waals surface area (Å²) in [5, 5.41) is 3.10. The van der Waals surface area contributed by atoms with E-state index in [1.54, 1.807) is 21.3 Å². The first-order chi connectivity index (χ1) is 17.5. The number of anilines is 1. The van der Waals surface area contributed by atoms with Crippen molar-refractivity contribution in [3.8, 4) is 22.9 Å². The number of para-hydroxylation sites is 1. The third kappa shape index (κ3) is 4.13. The van der Waals surface area contributed by atoms with Crippen LogP contribution in [0.3, 0.4) is 0 Å². The summed E-state index contributed by atoms with van der Waals surface area (Å²) < 4.78 is 18.7. The molecule has 0 aliphatic carbocycles. The molecular weight excluding hydrogens is 454 g/mol. The second kappa shape index (κ2) is 9.70. The van der Waals surface area contributed by atoms with E-state index in [-0.39, 0.29) is 12.1 Å². The molecule has 5 rings (SSSR count). The van der Waals surface area contributed by atoms with Gasteiger partial charge in [-0.3, -0.25) is 0 Å². The molecule has 184 valence electrons. The van der Waals surface area contributed by atoms with Gasteiger partial charge >= 0.3 is 6.03 Å². The number of methoxy groups -OCH3 is 3. The van der Waals surface area contributed by atoms with Gasteiger partial charge in [-0.05, 0) is 66.1 Å². The molecule has 1 aliphatic rings. The van der Waals surface area contributed by atoms with E-state index in [1.807, 2.05) is 72.6 Å². The zero-order valence-corrected chi connectivity index (χ0v) is 20.8. The van der Waals surface area contributed by atoms with Gasteiger partial charge in [-0.2, -0.15) is 0 Å². The average molecular weight is 484 g/mol. The Morgan fingerprint density at radius 2 is 1.61 bits per heavy atom. The Morgan fingerprint density at radius 1 is 0.861 bits per heavy atom. The first kappa shape index (κ1) is 23.4. The van der Waals surface area contributed by atoms with Crippen molar-refractivity contribution >= 4 is 11.7 Å². The predicted octanol–water partition coefficient (Wildman–Crippen LogP) is 5.95. The maximum Gasteiger partial charge on any atom is 0.323 e. The molecule has 0 saturated carbocycles. The summed E-state index contributed by atoms with van der Waals surface area (Å²) in [5.41, 5.74) is 5.63. The summed E-state index contributed by atoms with van der Waals surface area (Å²) in [5.74, 6) is 1.85. The maximum absolute atomic E-state index is 14.0. The highest BCUT2D eigenvalue weighted by Gasteiger charge is 2.33. The van der Waals surface area contributed by atoms with Crippen LogP contribution in [0, 0.1) is 6.92 Å². The lowest BCUT2D eigenvalue weighted by molar-refractivity contribution is 0.194. The van der Waals surface area contributed by atoms with Crippen molar-refractivity contribution in [3.05, 3.63) is 101 Å². The minimum atomic E-state index is -0.386. The standard InChI is InChI=1S/C29H29N3O4/c1-19-11-13-25(34-2)22(16-19)30-29(33)32-18-21-8-5-6-9-23(21)31-15-7-10-24(31)28(32)20-12-14-26(35-3)27(17-20)36-4/h5-17,28H,18H2,1-4H3,(H,30,33). The van der Waals surface area contributed by atoms with Gasteiger partial charge in [0.25, 0.3) is 0 Å². The van der Waals surface area contributed by atoms with Crippen molar-refractivity contribution in [2.45, 2.75) is 19.5 Å². The minimum absolute atomic E-state index is 0.233. The van der Waals surface area contributed by atoms with Crippen LogP contribution in [0.4, 0.5) is 10.5 Å². The number of aryl methyl sites for hydroxylation is 1. The highest BCUT2D eigenvalue weighted by atomic mass is 16.5. The predicted molar refractivity (Wildman–Crippen MR) is 139 cm³/mol. The van der Waals surface area contributed by atoms with Gasteiger partial charge in [-0.15, -0.1) is 0 Å². The SMILES string of the molecule is COc1ccc(C)cc1NC(=O)N1Cc2ccccc2-n2cccc2C1c1ccc(OC)c(OC)c1. The summed E-state index contributed by atoms with van der Waals surface area (Å²) in [6.07, 6.45) is 2.03. The van der Waals surface area contributed by atoms with Crippen LogP contribution < -0.4 is 19.5 Å². The van der Waals surface area contributed by atoms with E-state index in [9.17, 15) is 4.79 Å². The number of fused-ring (bicyclic) bond motifs is 3. The summed E-state index contributed by atoms with van der Waals surface area (Å²) in [4.78, 5) is 15.8. The molecule has 36 heavy (non-hydrogen) atoms. The molecule has 0 fully saturated rings. The van der Waals surface area contributed by atoms with E-state index < -0.39 is 0 Å². The fraction of sp³-hybridized carbons (Fsp3) is 0.207. The molecule has 1 aromatic heterocycles. The number of carbonyl (C=O) groups is 1. The fourth-order valence-electron chi connectivity index (χ4n) is 4.82. The molecule has 1 atom stereocenters. The third-order valence-electron chi connectivity index (χ3n) is 6.54. The van der Waals surface area contributed by atoms with Gasteiger partial charge in [0.15, 0.2) is 11.5 Å². The number of hydrogen-bond donors (Lipinski definition) is 1. The van der Waals surface area contributed by atoms with Gasteiger partial charge in [0.05, 0.1) is 45.3 Å². The molecule has 3 aromatic carbocycles.